The van der Waals surface area contributed by atoms with Crippen LogP contribution in [0.15, 0.2) is 34.1 Å². The number of aromatic nitrogens is 4. The van der Waals surface area contributed by atoms with Gasteiger partial charge >= 0.3 is 0 Å². The van der Waals surface area contributed by atoms with Crippen molar-refractivity contribution in [3.05, 3.63) is 45.2 Å². The molecule has 0 saturated carbocycles. The van der Waals surface area contributed by atoms with E-state index in [-0.39, 0.29) is 23.4 Å². The predicted molar refractivity (Wildman–Crippen MR) is 90.4 cm³/mol. The van der Waals surface area contributed by atoms with Crippen molar-refractivity contribution >= 4 is 16.6 Å². The molecule has 0 radical (unpaired) electrons. The van der Waals surface area contributed by atoms with E-state index in [0.717, 1.165) is 19.3 Å². The summed E-state index contributed by atoms with van der Waals surface area (Å²) in [6.07, 6.45) is 5.85. The van der Waals surface area contributed by atoms with Crippen LogP contribution in [0.4, 0.5) is 0 Å². The number of hydrogen-bond donors (Lipinski definition) is 0. The predicted octanol–water partition coefficient (Wildman–Crippen LogP) is 2.09. The van der Waals surface area contributed by atoms with E-state index >= 15 is 0 Å². The van der Waals surface area contributed by atoms with E-state index in [4.69, 9.17) is 4.74 Å². The summed E-state index contributed by atoms with van der Waals surface area (Å²) in [4.78, 5) is 25.9. The van der Waals surface area contributed by atoms with Crippen LogP contribution in [0.2, 0.25) is 0 Å². The molecule has 1 aliphatic heterocycles. The maximum absolute atomic E-state index is 13.1. The van der Waals surface area contributed by atoms with Crippen molar-refractivity contribution in [3.63, 3.8) is 0 Å². The third-order valence-electron chi connectivity index (χ3n) is 4.59. The molecule has 3 aromatic heterocycles. The van der Waals surface area contributed by atoms with E-state index < -0.39 is 0 Å². The van der Waals surface area contributed by atoms with Crippen LogP contribution < -0.4 is 11.1 Å². The van der Waals surface area contributed by atoms with Gasteiger partial charge in [0.15, 0.2) is 6.23 Å². The van der Waals surface area contributed by atoms with Gasteiger partial charge in [0.05, 0.1) is 11.7 Å². The quantitative estimate of drug-likeness (QED) is 0.722. The van der Waals surface area contributed by atoms with Crippen molar-refractivity contribution in [1.29, 1.82) is 0 Å². The average molecular weight is 328 g/mol. The molecule has 24 heavy (non-hydrogen) atoms. The summed E-state index contributed by atoms with van der Waals surface area (Å²) < 4.78 is 10.4. The van der Waals surface area contributed by atoms with E-state index in [2.05, 4.69) is 5.10 Å². The highest BCUT2D eigenvalue weighted by Gasteiger charge is 2.22. The molecule has 1 aliphatic rings. The lowest BCUT2D eigenvalue weighted by molar-refractivity contribution is -0.0421. The molecular formula is C17H20N4O3. The molecule has 1 unspecified atom stereocenters. The van der Waals surface area contributed by atoms with Gasteiger partial charge < -0.3 is 9.14 Å². The Morgan fingerprint density at radius 1 is 1.21 bits per heavy atom. The van der Waals surface area contributed by atoms with Crippen molar-refractivity contribution < 1.29 is 4.74 Å². The first-order chi connectivity index (χ1) is 11.6. The lowest BCUT2D eigenvalue weighted by atomic mass is 10.2. The molecule has 0 bridgehead atoms. The van der Waals surface area contributed by atoms with Crippen molar-refractivity contribution in [1.82, 2.24) is 18.7 Å². The Hall–Kier alpha value is -2.41. The Bertz CT molecular complexity index is 1020. The van der Waals surface area contributed by atoms with Crippen LogP contribution in [0.25, 0.3) is 16.6 Å². The van der Waals surface area contributed by atoms with Crippen LogP contribution in [0.3, 0.4) is 0 Å². The number of rotatable bonds is 2. The van der Waals surface area contributed by atoms with Gasteiger partial charge in [-0.1, -0.05) is 0 Å². The summed E-state index contributed by atoms with van der Waals surface area (Å²) >= 11 is 0. The second kappa shape index (κ2) is 5.59. The molecule has 1 saturated heterocycles. The van der Waals surface area contributed by atoms with Crippen LogP contribution >= 0.6 is 0 Å². The molecule has 1 atom stereocenters. The van der Waals surface area contributed by atoms with Gasteiger partial charge in [-0.15, -0.1) is 0 Å². The maximum atomic E-state index is 13.1. The van der Waals surface area contributed by atoms with E-state index in [0.29, 0.717) is 23.2 Å². The molecule has 0 aliphatic carbocycles. The second-order valence-corrected chi connectivity index (χ2v) is 6.48. The summed E-state index contributed by atoms with van der Waals surface area (Å²) in [5, 5.41) is 4.33. The number of fused-ring (bicyclic) bond motifs is 3. The van der Waals surface area contributed by atoms with Gasteiger partial charge in [0, 0.05) is 18.8 Å². The van der Waals surface area contributed by atoms with Crippen molar-refractivity contribution in [2.75, 3.05) is 6.61 Å². The first-order valence-corrected chi connectivity index (χ1v) is 8.34. The summed E-state index contributed by atoms with van der Waals surface area (Å²) in [6.45, 7) is 4.44. The minimum Gasteiger partial charge on any atom is -0.356 e. The second-order valence-electron chi connectivity index (χ2n) is 6.48. The first kappa shape index (κ1) is 15.1. The standard InChI is InChI=1S/C17H20N4O3/c1-11(2)20-15-13(19-8-5-6-12(19)16(20)22)10-18-21(17(15)23)14-7-3-4-9-24-14/h5-6,8,10-11,14H,3-4,7,9H2,1-2H3. The van der Waals surface area contributed by atoms with E-state index in [1.165, 1.54) is 4.68 Å². The lowest BCUT2D eigenvalue weighted by Gasteiger charge is -2.24. The van der Waals surface area contributed by atoms with Gasteiger partial charge in [-0.05, 0) is 45.2 Å². The van der Waals surface area contributed by atoms with Crippen molar-refractivity contribution in [2.45, 2.75) is 45.4 Å². The summed E-state index contributed by atoms with van der Waals surface area (Å²) in [5.41, 5.74) is 1.12. The van der Waals surface area contributed by atoms with Crippen LogP contribution in [-0.4, -0.2) is 25.4 Å². The zero-order chi connectivity index (χ0) is 16.8. The molecule has 0 N–H and O–H groups in total. The van der Waals surface area contributed by atoms with E-state index in [1.54, 1.807) is 33.5 Å². The van der Waals surface area contributed by atoms with Crippen LogP contribution in [0.1, 0.15) is 45.4 Å². The average Bonchev–Trinajstić information content (AvgIpc) is 3.07. The molecule has 1 fully saturated rings. The van der Waals surface area contributed by atoms with Crippen molar-refractivity contribution in [3.8, 4) is 0 Å². The van der Waals surface area contributed by atoms with Gasteiger partial charge in [0.25, 0.3) is 11.1 Å². The minimum atomic E-state index is -0.355. The largest absolute Gasteiger partial charge is 0.356 e. The molecular weight excluding hydrogens is 308 g/mol. The van der Waals surface area contributed by atoms with Gasteiger partial charge in [-0.2, -0.15) is 9.78 Å². The Balaban J connectivity index is 2.10. The van der Waals surface area contributed by atoms with E-state index in [9.17, 15) is 9.59 Å². The third kappa shape index (κ3) is 2.11. The fourth-order valence-corrected chi connectivity index (χ4v) is 3.46. The molecule has 0 aromatic carbocycles. The zero-order valence-corrected chi connectivity index (χ0v) is 13.8. The van der Waals surface area contributed by atoms with Gasteiger partial charge in [0.1, 0.15) is 11.0 Å². The molecule has 0 spiro atoms. The molecule has 3 aromatic rings. The molecule has 4 rings (SSSR count). The van der Waals surface area contributed by atoms with Crippen LogP contribution in [-0.2, 0) is 4.74 Å². The number of ether oxygens (including phenoxy) is 1. The zero-order valence-electron chi connectivity index (χ0n) is 13.8. The normalized spacial score (nSPS) is 18.7. The molecule has 7 nitrogen and oxygen atoms in total. The fourth-order valence-electron chi connectivity index (χ4n) is 3.46. The minimum absolute atomic E-state index is 0.129. The molecule has 7 heteroatoms. The van der Waals surface area contributed by atoms with E-state index in [1.807, 2.05) is 13.8 Å². The molecule has 4 heterocycles. The molecule has 0 amide bonds. The first-order valence-electron chi connectivity index (χ1n) is 8.34. The Morgan fingerprint density at radius 2 is 2.04 bits per heavy atom. The smallest absolute Gasteiger partial charge is 0.295 e. The maximum Gasteiger partial charge on any atom is 0.295 e. The SMILES string of the molecule is CC(C)n1c(=O)c2cccn2c2cnn(C3CCCCO3)c(=O)c21. The van der Waals surface area contributed by atoms with Crippen molar-refractivity contribution in [2.24, 2.45) is 0 Å². The Kier molecular flexibility index (Phi) is 3.53. The Morgan fingerprint density at radius 3 is 2.75 bits per heavy atom. The summed E-state index contributed by atoms with van der Waals surface area (Å²) in [5.74, 6) is 0. The summed E-state index contributed by atoms with van der Waals surface area (Å²) in [7, 11) is 0. The van der Waals surface area contributed by atoms with Crippen LogP contribution in [0.5, 0.6) is 0 Å². The van der Waals surface area contributed by atoms with Gasteiger partial charge in [-0.25, -0.2) is 0 Å². The van der Waals surface area contributed by atoms with Crippen LogP contribution in [0, 0.1) is 0 Å². The number of nitrogens with zero attached hydrogens (tertiary/aromatic N) is 4. The Labute approximate surface area is 138 Å². The molecule has 126 valence electrons. The summed E-state index contributed by atoms with van der Waals surface area (Å²) in [6, 6.07) is 3.43. The highest BCUT2D eigenvalue weighted by Crippen LogP contribution is 2.21. The number of hydrogen-bond acceptors (Lipinski definition) is 4. The third-order valence-corrected chi connectivity index (χ3v) is 4.59. The topological polar surface area (TPSA) is 70.5 Å². The fraction of sp³-hybridized carbons (Fsp3) is 0.471. The highest BCUT2D eigenvalue weighted by atomic mass is 16.5. The lowest BCUT2D eigenvalue weighted by Crippen LogP contribution is -2.35. The van der Waals surface area contributed by atoms with Gasteiger partial charge in [-0.3, -0.25) is 14.2 Å². The monoisotopic (exact) mass is 328 g/mol. The van der Waals surface area contributed by atoms with Gasteiger partial charge in [0.2, 0.25) is 0 Å². The highest BCUT2D eigenvalue weighted by molar-refractivity contribution is 5.77.